The van der Waals surface area contributed by atoms with Crippen LogP contribution in [-0.4, -0.2) is 15.7 Å². The van der Waals surface area contributed by atoms with Gasteiger partial charge in [-0.1, -0.05) is 0 Å². The third-order valence-electron chi connectivity index (χ3n) is 2.99. The lowest BCUT2D eigenvalue weighted by atomic mass is 10.2. The summed E-state index contributed by atoms with van der Waals surface area (Å²) in [5, 5.41) is 5.33. The topological polar surface area (TPSA) is 86.9 Å². The molecule has 0 unspecified atom stereocenters. The molecule has 2 aromatic carbocycles. The monoisotopic (exact) mass is 252 g/mol. The molecule has 4 N–H and O–H groups in total. The van der Waals surface area contributed by atoms with Gasteiger partial charge in [0.2, 0.25) is 5.91 Å². The van der Waals surface area contributed by atoms with Gasteiger partial charge in [0.1, 0.15) is 0 Å². The molecular weight excluding hydrogens is 240 g/mol. The average molecular weight is 252 g/mol. The Bertz CT molecular complexity index is 759. The van der Waals surface area contributed by atoms with Crippen LogP contribution in [0.4, 0.5) is 5.69 Å². The van der Waals surface area contributed by atoms with Gasteiger partial charge in [0.25, 0.3) is 0 Å². The molecule has 5 nitrogen and oxygen atoms in total. The second kappa shape index (κ2) is 4.13. The highest BCUT2D eigenvalue weighted by Gasteiger charge is 2.06. The summed E-state index contributed by atoms with van der Waals surface area (Å²) >= 11 is 0. The van der Waals surface area contributed by atoms with Gasteiger partial charge in [-0.2, -0.15) is 5.10 Å². The number of carbonyl (C=O) groups excluding carboxylic acids is 1. The Hall–Kier alpha value is -2.82. The van der Waals surface area contributed by atoms with Gasteiger partial charge in [-0.25, -0.2) is 4.68 Å². The lowest BCUT2D eigenvalue weighted by Crippen LogP contribution is -2.10. The van der Waals surface area contributed by atoms with E-state index in [1.54, 1.807) is 35.1 Å². The van der Waals surface area contributed by atoms with Crippen molar-refractivity contribution in [3.8, 4) is 5.69 Å². The molecule has 0 saturated heterocycles. The Morgan fingerprint density at radius 3 is 2.53 bits per heavy atom. The zero-order valence-corrected chi connectivity index (χ0v) is 10.1. The summed E-state index contributed by atoms with van der Waals surface area (Å²) in [6.07, 6.45) is 1.77. The van der Waals surface area contributed by atoms with Gasteiger partial charge in [-0.05, 0) is 42.5 Å². The summed E-state index contributed by atoms with van der Waals surface area (Å²) < 4.78 is 1.77. The number of benzene rings is 2. The van der Waals surface area contributed by atoms with Crippen LogP contribution in [0.3, 0.4) is 0 Å². The lowest BCUT2D eigenvalue weighted by molar-refractivity contribution is 0.100. The number of fused-ring (bicyclic) bond motifs is 1. The lowest BCUT2D eigenvalue weighted by Gasteiger charge is -2.04. The van der Waals surface area contributed by atoms with Crippen LogP contribution >= 0.6 is 0 Å². The predicted molar refractivity (Wildman–Crippen MR) is 74.0 cm³/mol. The number of aromatic nitrogens is 2. The molecule has 0 fully saturated rings. The number of anilines is 1. The van der Waals surface area contributed by atoms with Crippen molar-refractivity contribution in [2.45, 2.75) is 0 Å². The van der Waals surface area contributed by atoms with E-state index in [-0.39, 0.29) is 0 Å². The Kier molecular flexibility index (Phi) is 2.45. The molecule has 94 valence electrons. The van der Waals surface area contributed by atoms with E-state index in [2.05, 4.69) is 5.10 Å². The van der Waals surface area contributed by atoms with Gasteiger partial charge < -0.3 is 11.5 Å². The first-order valence-electron chi connectivity index (χ1n) is 5.78. The molecule has 1 amide bonds. The smallest absolute Gasteiger partial charge is 0.248 e. The molecule has 1 heterocycles. The van der Waals surface area contributed by atoms with Crippen LogP contribution in [0, 0.1) is 0 Å². The van der Waals surface area contributed by atoms with E-state index in [0.29, 0.717) is 11.3 Å². The summed E-state index contributed by atoms with van der Waals surface area (Å²) in [7, 11) is 0. The summed E-state index contributed by atoms with van der Waals surface area (Å²) in [6.45, 7) is 0. The number of amides is 1. The molecule has 3 aromatic rings. The number of nitrogens with zero attached hydrogens (tertiary/aromatic N) is 2. The number of nitrogens with two attached hydrogens (primary N) is 2. The van der Waals surface area contributed by atoms with Crippen LogP contribution < -0.4 is 11.5 Å². The predicted octanol–water partition coefficient (Wildman–Crippen LogP) is 1.71. The zero-order chi connectivity index (χ0) is 13.4. The van der Waals surface area contributed by atoms with Gasteiger partial charge in [0.15, 0.2) is 0 Å². The molecule has 3 rings (SSSR count). The fourth-order valence-electron chi connectivity index (χ4n) is 2.01. The maximum Gasteiger partial charge on any atom is 0.248 e. The average Bonchev–Trinajstić information content (AvgIpc) is 2.81. The summed E-state index contributed by atoms with van der Waals surface area (Å²) in [5.41, 5.74) is 13.9. The van der Waals surface area contributed by atoms with Crippen LogP contribution in [-0.2, 0) is 0 Å². The molecule has 0 radical (unpaired) electrons. The van der Waals surface area contributed by atoms with E-state index in [1.807, 2.05) is 18.2 Å². The van der Waals surface area contributed by atoms with Crippen molar-refractivity contribution in [2.75, 3.05) is 5.73 Å². The number of primary amides is 1. The van der Waals surface area contributed by atoms with Gasteiger partial charge in [-0.15, -0.1) is 0 Å². The van der Waals surface area contributed by atoms with Gasteiger partial charge in [0, 0.05) is 16.6 Å². The van der Waals surface area contributed by atoms with E-state index in [9.17, 15) is 4.79 Å². The number of nitrogen functional groups attached to an aromatic ring is 1. The molecule has 0 spiro atoms. The SMILES string of the molecule is NC(=O)c1ccc(-n2ncc3ccc(N)cc32)cc1. The molecular formula is C14H12N4O. The third-order valence-corrected chi connectivity index (χ3v) is 2.99. The first-order chi connectivity index (χ1) is 9.15. The highest BCUT2D eigenvalue weighted by atomic mass is 16.1. The van der Waals surface area contributed by atoms with Gasteiger partial charge >= 0.3 is 0 Å². The second-order valence-corrected chi connectivity index (χ2v) is 4.29. The fraction of sp³-hybridized carbons (Fsp3) is 0. The first kappa shape index (κ1) is 11.3. The normalized spacial score (nSPS) is 10.7. The number of carbonyl (C=O) groups is 1. The molecule has 19 heavy (non-hydrogen) atoms. The Balaban J connectivity index is 2.13. The second-order valence-electron chi connectivity index (χ2n) is 4.29. The molecule has 0 atom stereocenters. The molecule has 0 bridgehead atoms. The Morgan fingerprint density at radius 1 is 1.11 bits per heavy atom. The minimum atomic E-state index is -0.443. The standard InChI is InChI=1S/C14H12N4O/c15-11-4-1-10-8-17-18(13(10)7-11)12-5-2-9(3-6-12)14(16)19/h1-8H,15H2,(H2,16,19). The van der Waals surface area contributed by atoms with Crippen molar-refractivity contribution in [3.05, 3.63) is 54.2 Å². The number of hydrogen-bond donors (Lipinski definition) is 2. The van der Waals surface area contributed by atoms with Crippen LogP contribution in [0.1, 0.15) is 10.4 Å². The highest BCUT2D eigenvalue weighted by molar-refractivity contribution is 5.93. The largest absolute Gasteiger partial charge is 0.399 e. The van der Waals surface area contributed by atoms with E-state index in [4.69, 9.17) is 11.5 Å². The first-order valence-corrected chi connectivity index (χ1v) is 5.78. The van der Waals surface area contributed by atoms with Crippen molar-refractivity contribution in [1.82, 2.24) is 9.78 Å². The third kappa shape index (κ3) is 1.91. The van der Waals surface area contributed by atoms with Crippen LogP contribution in [0.5, 0.6) is 0 Å². The maximum atomic E-state index is 11.0. The van der Waals surface area contributed by atoms with E-state index >= 15 is 0 Å². The van der Waals surface area contributed by atoms with E-state index in [1.165, 1.54) is 0 Å². The van der Waals surface area contributed by atoms with Crippen molar-refractivity contribution < 1.29 is 4.79 Å². The van der Waals surface area contributed by atoms with Crippen molar-refractivity contribution in [2.24, 2.45) is 5.73 Å². The molecule has 0 aliphatic rings. The Labute approximate surface area is 109 Å². The molecule has 0 aliphatic heterocycles. The minimum Gasteiger partial charge on any atom is -0.399 e. The van der Waals surface area contributed by atoms with Gasteiger partial charge in [0.05, 0.1) is 17.4 Å². The fourth-order valence-corrected chi connectivity index (χ4v) is 2.01. The van der Waals surface area contributed by atoms with Crippen LogP contribution in [0.2, 0.25) is 0 Å². The van der Waals surface area contributed by atoms with Crippen LogP contribution in [0.15, 0.2) is 48.7 Å². The highest BCUT2D eigenvalue weighted by Crippen LogP contribution is 2.20. The number of rotatable bonds is 2. The molecule has 0 aliphatic carbocycles. The zero-order valence-electron chi connectivity index (χ0n) is 10.1. The number of hydrogen-bond acceptors (Lipinski definition) is 3. The quantitative estimate of drug-likeness (QED) is 0.680. The molecule has 5 heteroatoms. The van der Waals surface area contributed by atoms with Crippen LogP contribution in [0.25, 0.3) is 16.6 Å². The Morgan fingerprint density at radius 2 is 1.84 bits per heavy atom. The van der Waals surface area contributed by atoms with Crippen molar-refractivity contribution in [3.63, 3.8) is 0 Å². The minimum absolute atomic E-state index is 0.443. The molecule has 1 aromatic heterocycles. The summed E-state index contributed by atoms with van der Waals surface area (Å²) in [6, 6.07) is 12.6. The van der Waals surface area contributed by atoms with Crippen molar-refractivity contribution >= 4 is 22.5 Å². The molecule has 0 saturated carbocycles. The van der Waals surface area contributed by atoms with E-state index in [0.717, 1.165) is 16.6 Å². The maximum absolute atomic E-state index is 11.0. The summed E-state index contributed by atoms with van der Waals surface area (Å²) in [4.78, 5) is 11.0. The van der Waals surface area contributed by atoms with Gasteiger partial charge in [-0.3, -0.25) is 4.79 Å². The van der Waals surface area contributed by atoms with Crippen molar-refractivity contribution in [1.29, 1.82) is 0 Å². The van der Waals surface area contributed by atoms with E-state index < -0.39 is 5.91 Å². The summed E-state index contributed by atoms with van der Waals surface area (Å²) in [5.74, 6) is -0.443.